The largest absolute Gasteiger partial charge is 0.497 e. The molecule has 0 saturated carbocycles. The molecular formula is C22H22N2OS. The van der Waals surface area contributed by atoms with E-state index in [2.05, 4.69) is 57.7 Å². The minimum atomic E-state index is 0.883. The van der Waals surface area contributed by atoms with Crippen molar-refractivity contribution in [1.29, 1.82) is 0 Å². The Morgan fingerprint density at radius 2 is 1.96 bits per heavy atom. The first kappa shape index (κ1) is 16.9. The van der Waals surface area contributed by atoms with Crippen molar-refractivity contribution in [3.8, 4) is 28.0 Å². The van der Waals surface area contributed by atoms with Gasteiger partial charge in [-0.05, 0) is 53.1 Å². The van der Waals surface area contributed by atoms with E-state index in [0.29, 0.717) is 0 Å². The number of ether oxygens (including phenoxy) is 1. The van der Waals surface area contributed by atoms with Gasteiger partial charge in [0.15, 0.2) is 0 Å². The monoisotopic (exact) mass is 362 g/mol. The average Bonchev–Trinajstić information content (AvgIpc) is 3.34. The van der Waals surface area contributed by atoms with Gasteiger partial charge in [-0.2, -0.15) is 11.3 Å². The Hall–Kier alpha value is -2.59. The summed E-state index contributed by atoms with van der Waals surface area (Å²) in [6.45, 7) is 3.25. The van der Waals surface area contributed by atoms with E-state index in [1.54, 1.807) is 18.4 Å². The van der Waals surface area contributed by atoms with Crippen molar-refractivity contribution in [2.45, 2.75) is 26.3 Å². The molecule has 0 atom stereocenters. The zero-order valence-corrected chi connectivity index (χ0v) is 15.9. The van der Waals surface area contributed by atoms with Crippen molar-refractivity contribution >= 4 is 22.2 Å². The van der Waals surface area contributed by atoms with E-state index in [1.807, 2.05) is 18.5 Å². The first-order valence-corrected chi connectivity index (χ1v) is 9.89. The highest BCUT2D eigenvalue weighted by Gasteiger charge is 2.13. The van der Waals surface area contributed by atoms with Gasteiger partial charge in [-0.25, -0.2) is 0 Å². The lowest BCUT2D eigenvalue weighted by atomic mass is 10.0. The molecule has 0 radical (unpaired) electrons. The predicted molar refractivity (Wildman–Crippen MR) is 110 cm³/mol. The quantitative estimate of drug-likeness (QED) is 0.406. The number of thiophene rings is 1. The third-order valence-corrected chi connectivity index (χ3v) is 5.43. The van der Waals surface area contributed by atoms with Crippen LogP contribution in [0, 0.1) is 0 Å². The van der Waals surface area contributed by atoms with Crippen LogP contribution in [0.1, 0.15) is 19.8 Å². The summed E-state index contributed by atoms with van der Waals surface area (Å²) in [6, 6.07) is 10.7. The number of rotatable bonds is 6. The van der Waals surface area contributed by atoms with Gasteiger partial charge < -0.3 is 9.30 Å². The Balaban J connectivity index is 1.86. The number of fused-ring (bicyclic) bond motifs is 1. The number of unbranched alkanes of at least 4 members (excludes halogenated alkanes) is 1. The SMILES string of the molecule is CCCCn1cc(-c2cncc(-c3ccsc3)c2)c2cc(OC)ccc21. The first-order valence-electron chi connectivity index (χ1n) is 8.95. The number of nitrogens with zero attached hydrogens (tertiary/aromatic N) is 2. The van der Waals surface area contributed by atoms with Crippen molar-refractivity contribution in [1.82, 2.24) is 9.55 Å². The zero-order chi connectivity index (χ0) is 17.9. The van der Waals surface area contributed by atoms with Crippen LogP contribution in [-0.2, 0) is 6.54 Å². The van der Waals surface area contributed by atoms with Crippen LogP contribution >= 0.6 is 11.3 Å². The molecule has 0 N–H and O–H groups in total. The maximum atomic E-state index is 5.46. The van der Waals surface area contributed by atoms with Crippen LogP contribution in [0.3, 0.4) is 0 Å². The van der Waals surface area contributed by atoms with E-state index in [0.717, 1.165) is 23.4 Å². The number of hydrogen-bond donors (Lipinski definition) is 0. The Bertz CT molecular complexity index is 1020. The molecule has 0 aliphatic rings. The molecule has 4 aromatic rings. The smallest absolute Gasteiger partial charge is 0.119 e. The van der Waals surface area contributed by atoms with Crippen LogP contribution in [0.15, 0.2) is 59.7 Å². The maximum absolute atomic E-state index is 5.46. The van der Waals surface area contributed by atoms with Gasteiger partial charge in [0.05, 0.1) is 7.11 Å². The van der Waals surface area contributed by atoms with Gasteiger partial charge in [0.25, 0.3) is 0 Å². The molecule has 0 bridgehead atoms. The lowest BCUT2D eigenvalue weighted by Crippen LogP contribution is -1.95. The van der Waals surface area contributed by atoms with E-state index in [1.165, 1.54) is 34.9 Å². The maximum Gasteiger partial charge on any atom is 0.119 e. The third-order valence-electron chi connectivity index (χ3n) is 4.74. The van der Waals surface area contributed by atoms with Crippen LogP contribution in [0.2, 0.25) is 0 Å². The number of aryl methyl sites for hydroxylation is 1. The van der Waals surface area contributed by atoms with Crippen molar-refractivity contribution in [2.75, 3.05) is 7.11 Å². The summed E-state index contributed by atoms with van der Waals surface area (Å²) in [5.41, 5.74) is 5.97. The van der Waals surface area contributed by atoms with Gasteiger partial charge in [0.2, 0.25) is 0 Å². The van der Waals surface area contributed by atoms with Crippen molar-refractivity contribution in [2.24, 2.45) is 0 Å². The standard InChI is InChI=1S/C22H22N2OS/c1-3-4-8-24-14-21(20-11-19(25-2)5-6-22(20)24)18-10-17(12-23-13-18)16-7-9-26-15-16/h5-7,9-15H,3-4,8H2,1-2H3. The van der Waals surface area contributed by atoms with Gasteiger partial charge in [0.1, 0.15) is 5.75 Å². The number of methoxy groups -OCH3 is 1. The number of benzene rings is 1. The molecule has 1 aromatic carbocycles. The molecule has 3 nitrogen and oxygen atoms in total. The van der Waals surface area contributed by atoms with Crippen LogP contribution in [0.25, 0.3) is 33.2 Å². The third kappa shape index (κ3) is 3.13. The second-order valence-electron chi connectivity index (χ2n) is 6.45. The molecule has 0 unspecified atom stereocenters. The normalized spacial score (nSPS) is 11.2. The summed E-state index contributed by atoms with van der Waals surface area (Å²) in [7, 11) is 1.72. The molecule has 26 heavy (non-hydrogen) atoms. The Kier molecular flexibility index (Phi) is 4.76. The molecule has 0 amide bonds. The van der Waals surface area contributed by atoms with Crippen molar-refractivity contribution in [3.05, 3.63) is 59.7 Å². The van der Waals surface area contributed by atoms with Crippen LogP contribution in [0.5, 0.6) is 5.75 Å². The highest BCUT2D eigenvalue weighted by atomic mass is 32.1. The van der Waals surface area contributed by atoms with Crippen LogP contribution in [0.4, 0.5) is 0 Å². The Labute approximate surface area is 157 Å². The summed E-state index contributed by atoms with van der Waals surface area (Å²) in [5, 5.41) is 5.47. The average molecular weight is 362 g/mol. The van der Waals surface area contributed by atoms with E-state index >= 15 is 0 Å². The summed E-state index contributed by atoms with van der Waals surface area (Å²) in [6.07, 6.45) is 8.49. The van der Waals surface area contributed by atoms with Gasteiger partial charge >= 0.3 is 0 Å². The fraction of sp³-hybridized carbons (Fsp3) is 0.227. The molecular weight excluding hydrogens is 340 g/mol. The van der Waals surface area contributed by atoms with Gasteiger partial charge in [-0.15, -0.1) is 0 Å². The Morgan fingerprint density at radius 3 is 2.73 bits per heavy atom. The minimum Gasteiger partial charge on any atom is -0.497 e. The van der Waals surface area contributed by atoms with Crippen molar-refractivity contribution in [3.63, 3.8) is 0 Å². The van der Waals surface area contributed by atoms with Crippen molar-refractivity contribution < 1.29 is 4.74 Å². The molecule has 0 aliphatic carbocycles. The first-order chi connectivity index (χ1) is 12.8. The van der Waals surface area contributed by atoms with Crippen LogP contribution in [-0.4, -0.2) is 16.7 Å². The zero-order valence-electron chi connectivity index (χ0n) is 15.1. The minimum absolute atomic E-state index is 0.883. The molecule has 0 saturated heterocycles. The van der Waals surface area contributed by atoms with E-state index in [-0.39, 0.29) is 0 Å². The second-order valence-corrected chi connectivity index (χ2v) is 7.23. The molecule has 3 heterocycles. The van der Waals surface area contributed by atoms with Gasteiger partial charge in [-0.3, -0.25) is 4.98 Å². The molecule has 4 rings (SSSR count). The van der Waals surface area contributed by atoms with E-state index in [9.17, 15) is 0 Å². The Morgan fingerprint density at radius 1 is 1.08 bits per heavy atom. The molecule has 0 aliphatic heterocycles. The topological polar surface area (TPSA) is 27.1 Å². The van der Waals surface area contributed by atoms with E-state index < -0.39 is 0 Å². The summed E-state index contributed by atoms with van der Waals surface area (Å²) < 4.78 is 7.81. The molecule has 132 valence electrons. The second kappa shape index (κ2) is 7.34. The van der Waals surface area contributed by atoms with E-state index in [4.69, 9.17) is 4.74 Å². The fourth-order valence-electron chi connectivity index (χ4n) is 3.32. The highest BCUT2D eigenvalue weighted by molar-refractivity contribution is 7.08. The number of hydrogen-bond acceptors (Lipinski definition) is 3. The summed E-state index contributed by atoms with van der Waals surface area (Å²) in [4.78, 5) is 4.50. The number of aromatic nitrogens is 2. The summed E-state index contributed by atoms with van der Waals surface area (Å²) in [5.74, 6) is 0.883. The van der Waals surface area contributed by atoms with Gasteiger partial charge in [0, 0.05) is 52.7 Å². The molecule has 0 fully saturated rings. The molecule has 3 aromatic heterocycles. The number of pyridine rings is 1. The van der Waals surface area contributed by atoms with Gasteiger partial charge in [-0.1, -0.05) is 13.3 Å². The predicted octanol–water partition coefficient (Wildman–Crippen LogP) is 6.24. The fourth-order valence-corrected chi connectivity index (χ4v) is 3.99. The molecule has 0 spiro atoms. The van der Waals surface area contributed by atoms with Crippen LogP contribution < -0.4 is 4.74 Å². The lowest BCUT2D eigenvalue weighted by Gasteiger charge is -2.05. The summed E-state index contributed by atoms with van der Waals surface area (Å²) >= 11 is 1.71. The molecule has 4 heteroatoms. The highest BCUT2D eigenvalue weighted by Crippen LogP contribution is 2.35. The lowest BCUT2D eigenvalue weighted by molar-refractivity contribution is 0.415.